The number of rotatable bonds is 3. The smallest absolute Gasteiger partial charge is 0.310 e. The monoisotopic (exact) mass is 275 g/mol. The van der Waals surface area contributed by atoms with Crippen LogP contribution in [0.3, 0.4) is 0 Å². The van der Waals surface area contributed by atoms with Crippen molar-refractivity contribution in [1.82, 2.24) is 10.3 Å². The molecule has 8 nitrogen and oxygen atoms in total. The maximum absolute atomic E-state index is 11.7. The molecule has 8 heteroatoms. The molecule has 3 rings (SSSR count). The molecule has 2 heterocycles. The van der Waals surface area contributed by atoms with Gasteiger partial charge in [-0.3, -0.25) is 4.79 Å². The molecule has 1 aromatic carbocycles. The first-order valence-electron chi connectivity index (χ1n) is 5.95. The minimum absolute atomic E-state index is 0.0173. The first kappa shape index (κ1) is 12.3. The van der Waals surface area contributed by atoms with E-state index in [1.807, 2.05) is 24.3 Å². The SMILES string of the molecule is COC(=O)CC1(c2nonc2N)Nc2ccccc2N1. The number of nitrogens with zero attached hydrogens (tertiary/aromatic N) is 2. The van der Waals surface area contributed by atoms with Gasteiger partial charge in [-0.2, -0.15) is 0 Å². The van der Waals surface area contributed by atoms with Crippen molar-refractivity contribution < 1.29 is 14.2 Å². The van der Waals surface area contributed by atoms with Gasteiger partial charge in [0, 0.05) is 0 Å². The normalized spacial score (nSPS) is 15.1. The van der Waals surface area contributed by atoms with E-state index in [0.717, 1.165) is 11.4 Å². The number of nitrogens with one attached hydrogen (secondary N) is 2. The van der Waals surface area contributed by atoms with Gasteiger partial charge in [0.15, 0.2) is 17.2 Å². The van der Waals surface area contributed by atoms with E-state index in [-0.39, 0.29) is 12.2 Å². The zero-order valence-electron chi connectivity index (χ0n) is 10.7. The van der Waals surface area contributed by atoms with Gasteiger partial charge in [-0.15, -0.1) is 0 Å². The van der Waals surface area contributed by atoms with Crippen LogP contribution in [-0.4, -0.2) is 23.4 Å². The van der Waals surface area contributed by atoms with Crippen LogP contribution < -0.4 is 16.4 Å². The largest absolute Gasteiger partial charge is 0.469 e. The van der Waals surface area contributed by atoms with Gasteiger partial charge < -0.3 is 21.1 Å². The number of ether oxygens (including phenoxy) is 1. The number of fused-ring (bicyclic) bond motifs is 1. The molecule has 0 bridgehead atoms. The number of hydrogen-bond donors (Lipinski definition) is 3. The third-order valence-electron chi connectivity index (χ3n) is 3.18. The Balaban J connectivity index is 2.03. The summed E-state index contributed by atoms with van der Waals surface area (Å²) >= 11 is 0. The van der Waals surface area contributed by atoms with Gasteiger partial charge in [-0.25, -0.2) is 4.63 Å². The van der Waals surface area contributed by atoms with Gasteiger partial charge in [-0.1, -0.05) is 12.1 Å². The zero-order valence-corrected chi connectivity index (χ0v) is 10.7. The number of methoxy groups -OCH3 is 1. The summed E-state index contributed by atoms with van der Waals surface area (Å²) in [5.74, 6) is -0.304. The van der Waals surface area contributed by atoms with Crippen LogP contribution in [0.4, 0.5) is 17.2 Å². The van der Waals surface area contributed by atoms with E-state index < -0.39 is 11.6 Å². The molecule has 1 aliphatic heterocycles. The summed E-state index contributed by atoms with van der Waals surface area (Å²) in [6, 6.07) is 7.52. The highest BCUT2D eigenvalue weighted by atomic mass is 16.6. The lowest BCUT2D eigenvalue weighted by molar-refractivity contribution is -0.141. The van der Waals surface area contributed by atoms with Crippen LogP contribution in [-0.2, 0) is 15.2 Å². The van der Waals surface area contributed by atoms with E-state index in [2.05, 4.69) is 25.6 Å². The van der Waals surface area contributed by atoms with Crippen molar-refractivity contribution in [1.29, 1.82) is 0 Å². The highest BCUT2D eigenvalue weighted by Crippen LogP contribution is 2.42. The molecule has 0 atom stereocenters. The fourth-order valence-corrected chi connectivity index (χ4v) is 2.26. The summed E-state index contributed by atoms with van der Waals surface area (Å²) in [5, 5.41) is 13.8. The van der Waals surface area contributed by atoms with E-state index in [1.165, 1.54) is 7.11 Å². The average Bonchev–Trinajstić information content (AvgIpc) is 3.02. The predicted molar refractivity (Wildman–Crippen MR) is 70.7 cm³/mol. The second-order valence-corrected chi connectivity index (χ2v) is 4.45. The second kappa shape index (κ2) is 4.41. The lowest BCUT2D eigenvalue weighted by Crippen LogP contribution is -2.42. The van der Waals surface area contributed by atoms with Crippen LogP contribution in [0.5, 0.6) is 0 Å². The quantitative estimate of drug-likeness (QED) is 0.708. The van der Waals surface area contributed by atoms with Gasteiger partial charge >= 0.3 is 5.97 Å². The maximum Gasteiger partial charge on any atom is 0.310 e. The molecular weight excluding hydrogens is 262 g/mol. The fraction of sp³-hybridized carbons (Fsp3) is 0.250. The van der Waals surface area contributed by atoms with Crippen molar-refractivity contribution in [2.24, 2.45) is 0 Å². The molecule has 0 radical (unpaired) electrons. The third kappa shape index (κ3) is 1.81. The third-order valence-corrected chi connectivity index (χ3v) is 3.18. The number of carbonyl (C=O) groups is 1. The molecule has 0 amide bonds. The number of carbonyl (C=O) groups excluding carboxylic acids is 1. The Morgan fingerprint density at radius 3 is 2.50 bits per heavy atom. The molecule has 1 aliphatic rings. The number of para-hydroxylation sites is 2. The van der Waals surface area contributed by atoms with Crippen LogP contribution in [0.15, 0.2) is 28.9 Å². The van der Waals surface area contributed by atoms with Crippen LogP contribution in [0, 0.1) is 0 Å². The molecule has 0 unspecified atom stereocenters. The molecule has 0 spiro atoms. The predicted octanol–water partition coefficient (Wildman–Crippen LogP) is 0.905. The molecule has 0 fully saturated rings. The van der Waals surface area contributed by atoms with Crippen molar-refractivity contribution in [3.05, 3.63) is 30.0 Å². The number of nitrogens with two attached hydrogens (primary N) is 1. The fourth-order valence-electron chi connectivity index (χ4n) is 2.26. The number of esters is 1. The van der Waals surface area contributed by atoms with E-state index in [1.54, 1.807) is 0 Å². The highest BCUT2D eigenvalue weighted by Gasteiger charge is 2.44. The Morgan fingerprint density at radius 2 is 2.00 bits per heavy atom. The van der Waals surface area contributed by atoms with Gasteiger partial charge in [0.05, 0.1) is 24.9 Å². The number of aromatic nitrogens is 2. The van der Waals surface area contributed by atoms with Crippen molar-refractivity contribution in [3.63, 3.8) is 0 Å². The Labute approximate surface area is 114 Å². The van der Waals surface area contributed by atoms with Crippen molar-refractivity contribution in [2.75, 3.05) is 23.5 Å². The Hall–Kier alpha value is -2.77. The molecule has 0 aliphatic carbocycles. The van der Waals surface area contributed by atoms with Gasteiger partial charge in [0.1, 0.15) is 0 Å². The van der Waals surface area contributed by atoms with E-state index in [0.29, 0.717) is 5.69 Å². The molecule has 0 saturated heterocycles. The van der Waals surface area contributed by atoms with Crippen molar-refractivity contribution in [2.45, 2.75) is 12.1 Å². The summed E-state index contributed by atoms with van der Waals surface area (Å²) < 4.78 is 9.38. The summed E-state index contributed by atoms with van der Waals surface area (Å²) in [6.45, 7) is 0. The van der Waals surface area contributed by atoms with Crippen molar-refractivity contribution in [3.8, 4) is 0 Å². The molecule has 0 saturated carbocycles. The van der Waals surface area contributed by atoms with E-state index in [4.69, 9.17) is 10.5 Å². The summed E-state index contributed by atoms with van der Waals surface area (Å²) in [5.41, 5.74) is 6.71. The molecule has 4 N–H and O–H groups in total. The highest BCUT2D eigenvalue weighted by molar-refractivity contribution is 5.81. The van der Waals surface area contributed by atoms with Gasteiger partial charge in [0.2, 0.25) is 0 Å². The van der Waals surface area contributed by atoms with Crippen LogP contribution in [0.2, 0.25) is 0 Å². The minimum atomic E-state index is -1.03. The second-order valence-electron chi connectivity index (χ2n) is 4.45. The van der Waals surface area contributed by atoms with Gasteiger partial charge in [-0.05, 0) is 22.4 Å². The minimum Gasteiger partial charge on any atom is -0.469 e. The molecule has 2 aromatic rings. The first-order chi connectivity index (χ1) is 9.64. The number of anilines is 3. The van der Waals surface area contributed by atoms with E-state index in [9.17, 15) is 4.79 Å². The molecule has 104 valence electrons. The Morgan fingerprint density at radius 1 is 1.35 bits per heavy atom. The zero-order chi connectivity index (χ0) is 14.2. The lowest BCUT2D eigenvalue weighted by Gasteiger charge is -2.27. The summed E-state index contributed by atoms with van der Waals surface area (Å²) in [7, 11) is 1.32. The number of hydrogen-bond acceptors (Lipinski definition) is 8. The van der Waals surface area contributed by atoms with Crippen LogP contribution >= 0.6 is 0 Å². The van der Waals surface area contributed by atoms with Crippen molar-refractivity contribution >= 4 is 23.2 Å². The Kier molecular flexibility index (Phi) is 2.70. The average molecular weight is 275 g/mol. The van der Waals surface area contributed by atoms with Gasteiger partial charge in [0.25, 0.3) is 0 Å². The standard InChI is InChI=1S/C12H13N5O3/c1-19-9(18)6-12(10-11(13)17-20-16-10)14-7-4-2-3-5-8(7)15-12/h2-5,14-15H,6H2,1H3,(H2,13,17). The summed E-state index contributed by atoms with van der Waals surface area (Å²) in [6.07, 6.45) is -0.0173. The summed E-state index contributed by atoms with van der Waals surface area (Å²) in [4.78, 5) is 11.7. The van der Waals surface area contributed by atoms with Crippen LogP contribution in [0.25, 0.3) is 0 Å². The topological polar surface area (TPSA) is 115 Å². The molecule has 20 heavy (non-hydrogen) atoms. The van der Waals surface area contributed by atoms with Crippen LogP contribution in [0.1, 0.15) is 12.1 Å². The lowest BCUT2D eigenvalue weighted by atomic mass is 10.0. The maximum atomic E-state index is 11.7. The number of nitrogen functional groups attached to an aromatic ring is 1. The van der Waals surface area contributed by atoms with E-state index >= 15 is 0 Å². The molecule has 1 aromatic heterocycles. The number of benzene rings is 1. The first-order valence-corrected chi connectivity index (χ1v) is 5.95. The Bertz CT molecular complexity index is 629. The molecular formula is C12H13N5O3.